The van der Waals surface area contributed by atoms with Crippen LogP contribution in [0.5, 0.6) is 0 Å². The van der Waals surface area contributed by atoms with Crippen LogP contribution in [0.15, 0.2) is 0 Å². The van der Waals surface area contributed by atoms with Crippen molar-refractivity contribution in [2.45, 2.75) is 48.4 Å². The van der Waals surface area contributed by atoms with Gasteiger partial charge in [0.05, 0.1) is 0 Å². The van der Waals surface area contributed by atoms with E-state index in [2.05, 4.69) is 13.8 Å². The average molecular weight is 293 g/mol. The number of rotatable bonds is 6. The van der Waals surface area contributed by atoms with Gasteiger partial charge >= 0.3 is 84.7 Å². The normalized spacial score (nSPS) is 18.8. The predicted octanol–water partition coefficient (Wildman–Crippen LogP) is 3.20. The molecule has 0 saturated carbocycles. The molecule has 4 heteroatoms. The van der Waals surface area contributed by atoms with Crippen LogP contribution in [0.3, 0.4) is 0 Å². The molecule has 0 radical (unpaired) electrons. The van der Waals surface area contributed by atoms with E-state index in [1.165, 1.54) is 0 Å². The molecule has 13 heavy (non-hydrogen) atoms. The van der Waals surface area contributed by atoms with E-state index < -0.39 is 25.4 Å². The van der Waals surface area contributed by atoms with Gasteiger partial charge in [0, 0.05) is 0 Å². The van der Waals surface area contributed by atoms with Gasteiger partial charge in [-0.05, 0) is 0 Å². The van der Waals surface area contributed by atoms with E-state index >= 15 is 0 Å². The number of hydrogen-bond donors (Lipinski definition) is 0. The van der Waals surface area contributed by atoms with Crippen LogP contribution < -0.4 is 0 Å². The first-order chi connectivity index (χ1) is 6.22. The molecule has 0 aromatic carbocycles. The molecule has 0 unspecified atom stereocenters. The summed E-state index contributed by atoms with van der Waals surface area (Å²) >= 11 is -2.74. The van der Waals surface area contributed by atoms with Crippen molar-refractivity contribution in [3.05, 3.63) is 0 Å². The zero-order valence-electron chi connectivity index (χ0n) is 8.47. The van der Waals surface area contributed by atoms with Gasteiger partial charge in [0.25, 0.3) is 0 Å². The van der Waals surface area contributed by atoms with Crippen LogP contribution in [-0.2, 0) is 6.15 Å². The Morgan fingerprint density at radius 1 is 1.08 bits per heavy atom. The van der Waals surface area contributed by atoms with Gasteiger partial charge in [0.15, 0.2) is 0 Å². The van der Waals surface area contributed by atoms with Gasteiger partial charge in [0.2, 0.25) is 0 Å². The van der Waals surface area contributed by atoms with Crippen LogP contribution in [0.25, 0.3) is 0 Å². The van der Waals surface area contributed by atoms with E-state index in [0.29, 0.717) is 0 Å². The Labute approximate surface area is 84.8 Å². The molecule has 76 valence electrons. The van der Waals surface area contributed by atoms with Crippen LogP contribution in [0.4, 0.5) is 4.79 Å². The van der Waals surface area contributed by atoms with Crippen molar-refractivity contribution < 1.29 is 10.9 Å². The molecule has 0 aliphatic carbocycles. The molecule has 0 bridgehead atoms. The number of unbranched alkanes of at least 4 members (excludes halogenated alkanes) is 2. The third-order valence-electron chi connectivity index (χ3n) is 2.36. The van der Waals surface area contributed by atoms with Crippen LogP contribution >= 0.6 is 0 Å². The van der Waals surface area contributed by atoms with E-state index in [1.807, 2.05) is 0 Å². The molecule has 3 nitrogen and oxygen atoms in total. The van der Waals surface area contributed by atoms with Crippen LogP contribution in [0.2, 0.25) is 8.87 Å². The van der Waals surface area contributed by atoms with E-state index in [1.54, 1.807) is 0 Å². The average Bonchev–Trinajstić information content (AvgIpc) is 2.08. The number of carbonyl (C=O) groups is 1. The molecule has 0 N–H and O–H groups in total. The summed E-state index contributed by atoms with van der Waals surface area (Å²) in [6.45, 7) is 4.31. The van der Waals surface area contributed by atoms with Gasteiger partial charge in [-0.1, -0.05) is 0 Å². The summed E-state index contributed by atoms with van der Waals surface area (Å²) in [7, 11) is 0. The van der Waals surface area contributed by atoms with Crippen molar-refractivity contribution in [3.63, 3.8) is 0 Å². The monoisotopic (exact) mass is 294 g/mol. The summed E-state index contributed by atoms with van der Waals surface area (Å²) < 4.78 is 12.7. The van der Waals surface area contributed by atoms with Gasteiger partial charge in [-0.2, -0.15) is 0 Å². The molecule has 1 saturated heterocycles. The predicted molar refractivity (Wildman–Crippen MR) is 52.8 cm³/mol. The fourth-order valence-corrected chi connectivity index (χ4v) is 10.3. The zero-order valence-corrected chi connectivity index (χ0v) is 11.3. The second-order valence-corrected chi connectivity index (χ2v) is 12.8. The minimum atomic E-state index is -2.74. The summed E-state index contributed by atoms with van der Waals surface area (Å²) in [6, 6.07) is 0. The number of hydrogen-bond acceptors (Lipinski definition) is 3. The SMILES string of the molecule is CCC[CH2][Sn]1([CH2]CCC)[O]C(=O)[O]1. The fraction of sp³-hybridized carbons (Fsp3) is 0.889. The molecular weight excluding hydrogens is 275 g/mol. The molecule has 0 spiro atoms. The van der Waals surface area contributed by atoms with E-state index in [4.69, 9.17) is 6.15 Å². The van der Waals surface area contributed by atoms with Crippen molar-refractivity contribution >= 4 is 25.4 Å². The Balaban J connectivity index is 2.31. The molecule has 0 aromatic heterocycles. The summed E-state index contributed by atoms with van der Waals surface area (Å²) in [6.07, 6.45) is 4.19. The summed E-state index contributed by atoms with van der Waals surface area (Å²) in [5, 5.41) is 0. The molecule has 0 aromatic rings. The Morgan fingerprint density at radius 2 is 1.54 bits per heavy atom. The van der Waals surface area contributed by atoms with Crippen molar-refractivity contribution in [3.8, 4) is 0 Å². The topological polar surface area (TPSA) is 35.5 Å². The zero-order chi connectivity index (χ0) is 9.73. The maximum atomic E-state index is 10.6. The summed E-state index contributed by atoms with van der Waals surface area (Å²) in [5.74, 6) is 0. The standard InChI is InChI=1S/2C4H9.CH2O3.Sn/c2*1-3-4-2;2-1(3)4;/h2*1,3-4H2,2H3;(H2,2,3,4);/q;;;+2/p-2. The maximum absolute atomic E-state index is 10.6. The molecule has 0 atom stereocenters. The molecule has 1 rings (SSSR count). The van der Waals surface area contributed by atoms with Gasteiger partial charge < -0.3 is 0 Å². The molecule has 1 aliphatic heterocycles. The van der Waals surface area contributed by atoms with Crippen molar-refractivity contribution in [2.75, 3.05) is 0 Å². The third kappa shape index (κ3) is 3.04. The number of carbonyl (C=O) groups excluding carboxylic acids is 1. The van der Waals surface area contributed by atoms with Crippen molar-refractivity contribution in [1.29, 1.82) is 0 Å². The molecule has 1 fully saturated rings. The van der Waals surface area contributed by atoms with Gasteiger partial charge in [-0.25, -0.2) is 0 Å². The summed E-state index contributed by atoms with van der Waals surface area (Å²) in [4.78, 5) is 10.6. The second-order valence-electron chi connectivity index (χ2n) is 3.57. The molecular formula is C9H18O3Sn. The Morgan fingerprint density at radius 3 is 1.85 bits per heavy atom. The quantitative estimate of drug-likeness (QED) is 0.705. The second kappa shape index (κ2) is 5.08. The van der Waals surface area contributed by atoms with Crippen LogP contribution in [0, 0.1) is 0 Å². The molecule has 0 amide bonds. The van der Waals surface area contributed by atoms with Gasteiger partial charge in [0.1, 0.15) is 0 Å². The van der Waals surface area contributed by atoms with Gasteiger partial charge in [-0.15, -0.1) is 0 Å². The molecule has 1 aliphatic rings. The molecule has 1 heterocycles. The van der Waals surface area contributed by atoms with E-state index in [0.717, 1.165) is 34.6 Å². The first-order valence-electron chi connectivity index (χ1n) is 5.14. The van der Waals surface area contributed by atoms with Crippen LogP contribution in [-0.4, -0.2) is 25.4 Å². The fourth-order valence-electron chi connectivity index (χ4n) is 1.53. The Hall–Kier alpha value is 0.0687. The van der Waals surface area contributed by atoms with E-state index in [9.17, 15) is 4.79 Å². The summed E-state index contributed by atoms with van der Waals surface area (Å²) in [5.41, 5.74) is 0. The minimum absolute atomic E-state index is 0.414. The van der Waals surface area contributed by atoms with Crippen molar-refractivity contribution in [1.82, 2.24) is 0 Å². The third-order valence-corrected chi connectivity index (χ3v) is 11.8. The van der Waals surface area contributed by atoms with E-state index in [-0.39, 0.29) is 0 Å². The van der Waals surface area contributed by atoms with Crippen LogP contribution in [0.1, 0.15) is 39.5 Å². The van der Waals surface area contributed by atoms with Crippen molar-refractivity contribution in [2.24, 2.45) is 0 Å². The Bertz CT molecular complexity index is 164. The Kier molecular flexibility index (Phi) is 4.35. The van der Waals surface area contributed by atoms with Gasteiger partial charge in [-0.3, -0.25) is 0 Å². The first kappa shape index (κ1) is 11.1. The first-order valence-corrected chi connectivity index (χ1v) is 11.5.